The van der Waals surface area contributed by atoms with E-state index in [2.05, 4.69) is 26.1 Å². The van der Waals surface area contributed by atoms with E-state index in [4.69, 9.17) is 5.73 Å². The Balaban J connectivity index is 2.32. The van der Waals surface area contributed by atoms with E-state index in [1.165, 1.54) is 0 Å². The summed E-state index contributed by atoms with van der Waals surface area (Å²) < 4.78 is 0. The predicted octanol–water partition coefficient (Wildman–Crippen LogP) is 1.56. The summed E-state index contributed by atoms with van der Waals surface area (Å²) in [6.07, 6.45) is 4.59. The van der Waals surface area contributed by atoms with E-state index in [1.54, 1.807) is 0 Å². The number of carbonyl (C=O) groups excluding carboxylic acids is 1. The van der Waals surface area contributed by atoms with Crippen LogP contribution in [0.4, 0.5) is 0 Å². The molecule has 0 bridgehead atoms. The van der Waals surface area contributed by atoms with Gasteiger partial charge in [-0.2, -0.15) is 0 Å². The molecule has 1 fully saturated rings. The second-order valence-electron chi connectivity index (χ2n) is 6.75. The molecule has 0 aliphatic heterocycles. The van der Waals surface area contributed by atoms with E-state index >= 15 is 0 Å². The maximum Gasteiger partial charge on any atom is 0.221 e. The molecule has 3 unspecified atom stereocenters. The Morgan fingerprint density at radius 2 is 2.00 bits per heavy atom. The first-order valence-electron chi connectivity index (χ1n) is 7.01. The number of aliphatic hydroxyl groups is 1. The lowest BCUT2D eigenvalue weighted by Gasteiger charge is -2.29. The van der Waals surface area contributed by atoms with Crippen molar-refractivity contribution in [2.45, 2.75) is 77.5 Å². The first-order chi connectivity index (χ1) is 8.28. The standard InChI is InChI=1S/C14H28N2O2/c1-14(2,3)9-10(15)8-13(18)16-11-6-4-5-7-12(11)17/h10-12,17H,4-9,15H2,1-3H3,(H,16,18). The van der Waals surface area contributed by atoms with Gasteiger partial charge in [-0.25, -0.2) is 0 Å². The summed E-state index contributed by atoms with van der Waals surface area (Å²) in [4.78, 5) is 11.9. The van der Waals surface area contributed by atoms with Gasteiger partial charge in [-0.3, -0.25) is 4.79 Å². The summed E-state index contributed by atoms with van der Waals surface area (Å²) in [5, 5.41) is 12.7. The van der Waals surface area contributed by atoms with Crippen molar-refractivity contribution in [2.75, 3.05) is 0 Å². The zero-order valence-electron chi connectivity index (χ0n) is 11.9. The monoisotopic (exact) mass is 256 g/mol. The van der Waals surface area contributed by atoms with Gasteiger partial charge in [0.25, 0.3) is 0 Å². The predicted molar refractivity (Wildman–Crippen MR) is 73.1 cm³/mol. The molecule has 106 valence electrons. The molecule has 1 rings (SSSR count). The Morgan fingerprint density at radius 1 is 1.39 bits per heavy atom. The van der Waals surface area contributed by atoms with Crippen molar-refractivity contribution in [3.8, 4) is 0 Å². The first-order valence-corrected chi connectivity index (χ1v) is 7.01. The van der Waals surface area contributed by atoms with Crippen LogP contribution in [0.2, 0.25) is 0 Å². The third-order valence-electron chi connectivity index (χ3n) is 3.40. The molecule has 0 aromatic carbocycles. The summed E-state index contributed by atoms with van der Waals surface area (Å²) in [5.41, 5.74) is 6.12. The van der Waals surface area contributed by atoms with Gasteiger partial charge in [-0.1, -0.05) is 33.6 Å². The van der Waals surface area contributed by atoms with Crippen molar-refractivity contribution < 1.29 is 9.90 Å². The molecule has 1 amide bonds. The van der Waals surface area contributed by atoms with Crippen LogP contribution in [0.1, 0.15) is 59.3 Å². The van der Waals surface area contributed by atoms with Gasteiger partial charge in [-0.15, -0.1) is 0 Å². The van der Waals surface area contributed by atoms with Crippen LogP contribution < -0.4 is 11.1 Å². The fraction of sp³-hybridized carbons (Fsp3) is 0.929. The minimum Gasteiger partial charge on any atom is -0.391 e. The lowest BCUT2D eigenvalue weighted by molar-refractivity contribution is -0.123. The number of carbonyl (C=O) groups is 1. The number of aliphatic hydroxyl groups excluding tert-OH is 1. The molecule has 0 radical (unpaired) electrons. The Labute approximate surface area is 110 Å². The van der Waals surface area contributed by atoms with Crippen LogP contribution in [0, 0.1) is 5.41 Å². The highest BCUT2D eigenvalue weighted by Crippen LogP contribution is 2.22. The molecule has 0 aromatic heterocycles. The molecular weight excluding hydrogens is 228 g/mol. The third-order valence-corrected chi connectivity index (χ3v) is 3.40. The molecule has 0 spiro atoms. The molecule has 4 heteroatoms. The summed E-state index contributed by atoms with van der Waals surface area (Å²) in [7, 11) is 0. The van der Waals surface area contributed by atoms with Crippen LogP contribution in [0.5, 0.6) is 0 Å². The van der Waals surface area contributed by atoms with Crippen molar-refractivity contribution in [3.05, 3.63) is 0 Å². The zero-order valence-corrected chi connectivity index (χ0v) is 11.9. The highest BCUT2D eigenvalue weighted by atomic mass is 16.3. The fourth-order valence-corrected chi connectivity index (χ4v) is 2.64. The van der Waals surface area contributed by atoms with Crippen molar-refractivity contribution in [1.82, 2.24) is 5.32 Å². The van der Waals surface area contributed by atoms with Gasteiger partial charge in [0, 0.05) is 12.5 Å². The van der Waals surface area contributed by atoms with Gasteiger partial charge >= 0.3 is 0 Å². The van der Waals surface area contributed by atoms with Gasteiger partial charge in [0.2, 0.25) is 5.91 Å². The number of nitrogens with two attached hydrogens (primary N) is 1. The molecule has 4 nitrogen and oxygen atoms in total. The van der Waals surface area contributed by atoms with Crippen LogP contribution in [0.15, 0.2) is 0 Å². The molecule has 1 aliphatic rings. The van der Waals surface area contributed by atoms with E-state index in [9.17, 15) is 9.90 Å². The van der Waals surface area contributed by atoms with Gasteiger partial charge in [-0.05, 0) is 24.7 Å². The quantitative estimate of drug-likeness (QED) is 0.714. The number of amides is 1. The van der Waals surface area contributed by atoms with Gasteiger partial charge in [0.15, 0.2) is 0 Å². The SMILES string of the molecule is CC(C)(C)CC(N)CC(=O)NC1CCCCC1O. The van der Waals surface area contributed by atoms with Crippen LogP contribution in [0.3, 0.4) is 0 Å². The molecule has 18 heavy (non-hydrogen) atoms. The van der Waals surface area contributed by atoms with Crippen LogP contribution in [-0.4, -0.2) is 29.2 Å². The first kappa shape index (κ1) is 15.4. The normalized spacial score (nSPS) is 26.7. The fourth-order valence-electron chi connectivity index (χ4n) is 2.64. The Bertz CT molecular complexity index is 273. The maximum atomic E-state index is 11.9. The Kier molecular flexibility index (Phi) is 5.60. The molecule has 4 N–H and O–H groups in total. The van der Waals surface area contributed by atoms with Crippen LogP contribution in [-0.2, 0) is 4.79 Å². The van der Waals surface area contributed by atoms with E-state index in [0.717, 1.165) is 32.1 Å². The van der Waals surface area contributed by atoms with Gasteiger partial charge in [0.1, 0.15) is 0 Å². The summed E-state index contributed by atoms with van der Waals surface area (Å²) in [6.45, 7) is 6.36. The number of nitrogens with one attached hydrogen (secondary N) is 1. The Hall–Kier alpha value is -0.610. The van der Waals surface area contributed by atoms with Crippen molar-refractivity contribution >= 4 is 5.91 Å². The minimum absolute atomic E-state index is 0.0299. The molecule has 0 aromatic rings. The van der Waals surface area contributed by atoms with Gasteiger partial charge < -0.3 is 16.2 Å². The highest BCUT2D eigenvalue weighted by molar-refractivity contribution is 5.76. The largest absolute Gasteiger partial charge is 0.391 e. The van der Waals surface area contributed by atoms with E-state index < -0.39 is 0 Å². The molecule has 0 saturated heterocycles. The average molecular weight is 256 g/mol. The maximum absolute atomic E-state index is 11.9. The molecular formula is C14H28N2O2. The lowest BCUT2D eigenvalue weighted by atomic mass is 9.87. The number of hydrogen-bond donors (Lipinski definition) is 3. The lowest BCUT2D eigenvalue weighted by Crippen LogP contribution is -2.46. The van der Waals surface area contributed by atoms with E-state index in [-0.39, 0.29) is 29.5 Å². The number of hydrogen-bond acceptors (Lipinski definition) is 3. The second kappa shape index (κ2) is 6.53. The molecule has 3 atom stereocenters. The van der Waals surface area contributed by atoms with Crippen molar-refractivity contribution in [3.63, 3.8) is 0 Å². The van der Waals surface area contributed by atoms with Crippen molar-refractivity contribution in [2.24, 2.45) is 11.1 Å². The molecule has 1 aliphatic carbocycles. The topological polar surface area (TPSA) is 75.4 Å². The zero-order chi connectivity index (χ0) is 13.8. The van der Waals surface area contributed by atoms with Gasteiger partial charge in [0.05, 0.1) is 12.1 Å². The minimum atomic E-state index is -0.387. The molecule has 0 heterocycles. The highest BCUT2D eigenvalue weighted by Gasteiger charge is 2.25. The average Bonchev–Trinajstić information content (AvgIpc) is 2.18. The van der Waals surface area contributed by atoms with Crippen LogP contribution in [0.25, 0.3) is 0 Å². The second-order valence-corrected chi connectivity index (χ2v) is 6.75. The molecule has 1 saturated carbocycles. The van der Waals surface area contributed by atoms with Crippen molar-refractivity contribution in [1.29, 1.82) is 0 Å². The summed E-state index contributed by atoms with van der Waals surface area (Å²) in [6, 6.07) is -0.182. The Morgan fingerprint density at radius 3 is 2.56 bits per heavy atom. The van der Waals surface area contributed by atoms with E-state index in [0.29, 0.717) is 6.42 Å². The summed E-state index contributed by atoms with van der Waals surface area (Å²) >= 11 is 0. The smallest absolute Gasteiger partial charge is 0.221 e. The van der Waals surface area contributed by atoms with Crippen LogP contribution >= 0.6 is 0 Å². The van der Waals surface area contributed by atoms with E-state index in [1.807, 2.05) is 0 Å². The number of rotatable bonds is 4. The summed E-state index contributed by atoms with van der Waals surface area (Å²) in [5.74, 6) is -0.0299. The third kappa shape index (κ3) is 5.83.